The maximum absolute atomic E-state index is 13.8. The molecule has 0 saturated heterocycles. The minimum atomic E-state index is -0.852. The third-order valence-electron chi connectivity index (χ3n) is 2.92. The fourth-order valence-corrected chi connectivity index (χ4v) is 2.71. The molecular weight excluding hydrogens is 356 g/mol. The molecule has 0 aliphatic carbocycles. The summed E-state index contributed by atoms with van der Waals surface area (Å²) in [6, 6.07) is 6.19. The monoisotopic (exact) mass is 363 g/mol. The third-order valence-corrected chi connectivity index (χ3v) is 4.06. The molecule has 116 valence electrons. The van der Waals surface area contributed by atoms with Crippen LogP contribution in [0.15, 0.2) is 30.3 Å². The van der Waals surface area contributed by atoms with Crippen molar-refractivity contribution in [1.82, 2.24) is 0 Å². The first-order chi connectivity index (χ1) is 10.3. The highest BCUT2D eigenvalue weighted by Gasteiger charge is 2.20. The molecule has 1 unspecified atom stereocenters. The van der Waals surface area contributed by atoms with Crippen molar-refractivity contribution in [3.05, 3.63) is 66.9 Å². The van der Waals surface area contributed by atoms with Crippen LogP contribution in [0.5, 0.6) is 5.75 Å². The standard InChI is InChI=1S/C14H9Cl3FNO3/c1-7(13-9(15)3-4-10(16)14(13)17)22-12-5-2-8(19(20)21)6-11(12)18/h2-7H,1H3. The van der Waals surface area contributed by atoms with E-state index in [9.17, 15) is 14.5 Å². The van der Waals surface area contributed by atoms with Crippen molar-refractivity contribution in [2.75, 3.05) is 0 Å². The summed E-state index contributed by atoms with van der Waals surface area (Å²) in [6.45, 7) is 1.62. The van der Waals surface area contributed by atoms with Crippen molar-refractivity contribution < 1.29 is 14.1 Å². The van der Waals surface area contributed by atoms with Crippen LogP contribution in [0.1, 0.15) is 18.6 Å². The minimum Gasteiger partial charge on any atom is -0.483 e. The molecule has 22 heavy (non-hydrogen) atoms. The Morgan fingerprint density at radius 1 is 1.18 bits per heavy atom. The van der Waals surface area contributed by atoms with E-state index < -0.39 is 16.8 Å². The van der Waals surface area contributed by atoms with Crippen LogP contribution in [-0.4, -0.2) is 4.92 Å². The zero-order valence-corrected chi connectivity index (χ0v) is 13.4. The van der Waals surface area contributed by atoms with Gasteiger partial charge in [0.1, 0.15) is 6.10 Å². The van der Waals surface area contributed by atoms with Crippen LogP contribution in [0.4, 0.5) is 10.1 Å². The van der Waals surface area contributed by atoms with E-state index in [0.29, 0.717) is 15.6 Å². The quantitative estimate of drug-likeness (QED) is 0.389. The highest BCUT2D eigenvalue weighted by molar-refractivity contribution is 6.44. The number of nitro groups is 1. The molecule has 2 aromatic carbocycles. The zero-order chi connectivity index (χ0) is 16.4. The van der Waals surface area contributed by atoms with E-state index in [1.54, 1.807) is 13.0 Å². The van der Waals surface area contributed by atoms with Gasteiger partial charge in [0.05, 0.1) is 21.0 Å². The summed E-state index contributed by atoms with van der Waals surface area (Å²) in [5, 5.41) is 11.4. The number of halogens is 4. The Balaban J connectivity index is 2.32. The summed E-state index contributed by atoms with van der Waals surface area (Å²) in [6.07, 6.45) is -0.699. The van der Waals surface area contributed by atoms with Crippen molar-refractivity contribution >= 4 is 40.5 Å². The Labute approximate surface area is 140 Å². The van der Waals surface area contributed by atoms with E-state index in [4.69, 9.17) is 39.5 Å². The lowest BCUT2D eigenvalue weighted by molar-refractivity contribution is -0.385. The largest absolute Gasteiger partial charge is 0.483 e. The summed E-state index contributed by atoms with van der Waals surface area (Å²) in [5.41, 5.74) is 0.0462. The highest BCUT2D eigenvalue weighted by atomic mass is 35.5. The lowest BCUT2D eigenvalue weighted by Gasteiger charge is -2.18. The van der Waals surface area contributed by atoms with Crippen LogP contribution in [0, 0.1) is 15.9 Å². The average Bonchev–Trinajstić information content (AvgIpc) is 2.45. The van der Waals surface area contributed by atoms with Crippen LogP contribution < -0.4 is 4.74 Å². The van der Waals surface area contributed by atoms with Crippen LogP contribution in [0.25, 0.3) is 0 Å². The number of hydrogen-bond donors (Lipinski definition) is 0. The highest BCUT2D eigenvalue weighted by Crippen LogP contribution is 2.38. The van der Waals surface area contributed by atoms with E-state index in [2.05, 4.69) is 0 Å². The number of ether oxygens (including phenoxy) is 1. The minimum absolute atomic E-state index is 0.148. The number of hydrogen-bond acceptors (Lipinski definition) is 3. The van der Waals surface area contributed by atoms with Crippen LogP contribution in [-0.2, 0) is 0 Å². The molecule has 0 aliphatic heterocycles. The second-order valence-electron chi connectivity index (χ2n) is 4.39. The van der Waals surface area contributed by atoms with Crippen molar-refractivity contribution in [2.45, 2.75) is 13.0 Å². The molecule has 0 aromatic heterocycles. The zero-order valence-electron chi connectivity index (χ0n) is 11.1. The molecule has 2 aromatic rings. The van der Waals surface area contributed by atoms with E-state index >= 15 is 0 Å². The molecule has 2 rings (SSSR count). The van der Waals surface area contributed by atoms with Gasteiger partial charge in [-0.05, 0) is 25.1 Å². The maximum atomic E-state index is 13.8. The molecule has 0 N–H and O–H groups in total. The van der Waals surface area contributed by atoms with Crippen molar-refractivity contribution in [2.24, 2.45) is 0 Å². The number of rotatable bonds is 4. The molecule has 4 nitrogen and oxygen atoms in total. The van der Waals surface area contributed by atoms with Gasteiger partial charge in [0.2, 0.25) is 0 Å². The lowest BCUT2D eigenvalue weighted by atomic mass is 10.1. The number of non-ortho nitro benzene ring substituents is 1. The van der Waals surface area contributed by atoms with Gasteiger partial charge in [-0.15, -0.1) is 0 Å². The first-order valence-corrected chi connectivity index (χ1v) is 7.18. The molecule has 0 fully saturated rings. The Hall–Kier alpha value is -1.56. The fraction of sp³-hybridized carbons (Fsp3) is 0.143. The third kappa shape index (κ3) is 3.43. The predicted molar refractivity (Wildman–Crippen MR) is 83.6 cm³/mol. The van der Waals surface area contributed by atoms with E-state index in [1.807, 2.05) is 0 Å². The van der Waals surface area contributed by atoms with E-state index in [-0.39, 0.29) is 16.5 Å². The second-order valence-corrected chi connectivity index (χ2v) is 5.58. The maximum Gasteiger partial charge on any atom is 0.272 e. The SMILES string of the molecule is CC(Oc1ccc([N+](=O)[O-])cc1F)c1c(Cl)ccc(Cl)c1Cl. The predicted octanol–water partition coefficient (Wildman–Crippen LogP) is 5.83. The number of nitro benzene ring substituents is 1. The normalized spacial score (nSPS) is 12.0. The van der Waals surface area contributed by atoms with Gasteiger partial charge in [0.15, 0.2) is 11.6 Å². The molecule has 0 aliphatic rings. The van der Waals surface area contributed by atoms with Crippen molar-refractivity contribution in [1.29, 1.82) is 0 Å². The molecular formula is C14H9Cl3FNO3. The summed E-state index contributed by atoms with van der Waals surface area (Å²) in [7, 11) is 0. The Kier molecular flexibility index (Phi) is 5.11. The first-order valence-electron chi connectivity index (χ1n) is 6.05. The summed E-state index contributed by atoms with van der Waals surface area (Å²) in [4.78, 5) is 9.89. The Bertz CT molecular complexity index is 740. The molecule has 8 heteroatoms. The fourth-order valence-electron chi connectivity index (χ4n) is 1.86. The van der Waals surface area contributed by atoms with Gasteiger partial charge < -0.3 is 4.74 Å². The van der Waals surface area contributed by atoms with Crippen molar-refractivity contribution in [3.63, 3.8) is 0 Å². The summed E-state index contributed by atoms with van der Waals surface area (Å²) >= 11 is 18.1. The average molecular weight is 365 g/mol. The van der Waals surface area contributed by atoms with Crippen molar-refractivity contribution in [3.8, 4) is 5.75 Å². The van der Waals surface area contributed by atoms with Gasteiger partial charge in [-0.2, -0.15) is 0 Å². The number of nitrogens with zero attached hydrogens (tertiary/aromatic N) is 1. The molecule has 0 spiro atoms. The van der Waals surface area contributed by atoms with Gasteiger partial charge in [0, 0.05) is 16.7 Å². The Morgan fingerprint density at radius 3 is 2.41 bits per heavy atom. The second kappa shape index (κ2) is 6.69. The van der Waals surface area contributed by atoms with Crippen LogP contribution in [0.3, 0.4) is 0 Å². The Morgan fingerprint density at radius 2 is 1.82 bits per heavy atom. The van der Waals surface area contributed by atoms with E-state index in [0.717, 1.165) is 12.1 Å². The first kappa shape index (κ1) is 16.8. The van der Waals surface area contributed by atoms with Gasteiger partial charge in [-0.25, -0.2) is 4.39 Å². The molecule has 0 saturated carbocycles. The van der Waals surface area contributed by atoms with Gasteiger partial charge >= 0.3 is 0 Å². The molecule has 0 amide bonds. The topological polar surface area (TPSA) is 52.4 Å². The molecule has 0 heterocycles. The number of benzene rings is 2. The molecule has 0 bridgehead atoms. The molecule has 1 atom stereocenters. The molecule has 0 radical (unpaired) electrons. The van der Waals surface area contributed by atoms with Crippen LogP contribution >= 0.6 is 34.8 Å². The van der Waals surface area contributed by atoms with Gasteiger partial charge in [-0.1, -0.05) is 34.8 Å². The smallest absolute Gasteiger partial charge is 0.272 e. The summed E-state index contributed by atoms with van der Waals surface area (Å²) in [5.74, 6) is -1.000. The van der Waals surface area contributed by atoms with Gasteiger partial charge in [-0.3, -0.25) is 10.1 Å². The van der Waals surface area contributed by atoms with E-state index in [1.165, 1.54) is 12.1 Å². The summed E-state index contributed by atoms with van der Waals surface area (Å²) < 4.78 is 19.3. The van der Waals surface area contributed by atoms with Crippen LogP contribution in [0.2, 0.25) is 15.1 Å². The van der Waals surface area contributed by atoms with Gasteiger partial charge in [0.25, 0.3) is 5.69 Å². The lowest BCUT2D eigenvalue weighted by Crippen LogP contribution is -2.06.